The summed E-state index contributed by atoms with van der Waals surface area (Å²) in [6.07, 6.45) is 9.30. The molecule has 6 nitrogen and oxygen atoms in total. The van der Waals surface area contributed by atoms with Crippen molar-refractivity contribution in [1.82, 2.24) is 16.0 Å². The fourth-order valence-corrected chi connectivity index (χ4v) is 8.97. The van der Waals surface area contributed by atoms with Crippen LogP contribution in [-0.4, -0.2) is 35.8 Å². The molecule has 270 valence electrons. The van der Waals surface area contributed by atoms with E-state index in [2.05, 4.69) is 99.0 Å². The number of hydrogen-bond donors (Lipinski definition) is 3. The van der Waals surface area contributed by atoms with Gasteiger partial charge in [0.2, 0.25) is 0 Å². The predicted molar refractivity (Wildman–Crippen MR) is 198 cm³/mol. The Morgan fingerprint density at radius 2 is 0.688 bits per heavy atom. The number of carbonyl (C=O) groups excluding carboxylic acids is 3. The Hall–Kier alpha value is -2.37. The van der Waals surface area contributed by atoms with E-state index in [9.17, 15) is 14.4 Å². The number of amides is 3. The normalized spacial score (nSPS) is 31.9. The van der Waals surface area contributed by atoms with E-state index in [4.69, 9.17) is 0 Å². The number of hydrogen-bond acceptors (Lipinski definition) is 3. The molecule has 0 spiro atoms. The standard InChI is InChI=1S/C42H69N3O3/c1-25-19-31(40(4,5)6)13-16-34(25)43-37(46)28-22-29(38(47)44-35-17-14-32(20-26(35)2)41(7,8)9)24-30(23-28)39(48)45-36-18-15-33(21-27(36)3)42(10,11)12/h22-27,31-36H,13-21H2,1-12H3,(H,43,46)(H,44,47)(H,45,48). The second kappa shape index (κ2) is 14.9. The molecule has 3 saturated carbocycles. The minimum Gasteiger partial charge on any atom is -0.349 e. The topological polar surface area (TPSA) is 87.3 Å². The first-order chi connectivity index (χ1) is 22.1. The van der Waals surface area contributed by atoms with E-state index in [0.29, 0.717) is 52.2 Å². The van der Waals surface area contributed by atoms with Crippen LogP contribution in [-0.2, 0) is 0 Å². The van der Waals surface area contributed by atoms with Crippen LogP contribution in [0.25, 0.3) is 0 Å². The SMILES string of the molecule is CC1CC(C(C)(C)C)CCC1NC(=O)c1cc(C(=O)NC2CCC(C(C)(C)C)CC2C)cc(C(=O)NC2CCC(C(C)(C)C)CC2C)c1. The molecule has 3 aliphatic rings. The maximum atomic E-state index is 13.9. The van der Waals surface area contributed by atoms with Crippen LogP contribution in [0.3, 0.4) is 0 Å². The van der Waals surface area contributed by atoms with Crippen LogP contribution in [0.2, 0.25) is 0 Å². The van der Waals surface area contributed by atoms with E-state index in [-0.39, 0.29) is 52.1 Å². The van der Waals surface area contributed by atoms with Crippen LogP contribution in [0.4, 0.5) is 0 Å². The van der Waals surface area contributed by atoms with Crippen molar-refractivity contribution in [1.29, 1.82) is 0 Å². The van der Waals surface area contributed by atoms with Gasteiger partial charge in [-0.2, -0.15) is 0 Å². The second-order valence-corrected chi connectivity index (χ2v) is 19.6. The molecule has 3 amide bonds. The van der Waals surface area contributed by atoms with Gasteiger partial charge >= 0.3 is 0 Å². The Morgan fingerprint density at radius 1 is 0.458 bits per heavy atom. The summed E-state index contributed by atoms with van der Waals surface area (Å²) in [7, 11) is 0. The highest BCUT2D eigenvalue weighted by molar-refractivity contribution is 6.04. The summed E-state index contributed by atoms with van der Waals surface area (Å²) in [5, 5.41) is 9.90. The van der Waals surface area contributed by atoms with Gasteiger partial charge in [0.25, 0.3) is 17.7 Å². The minimum atomic E-state index is -0.206. The van der Waals surface area contributed by atoms with Crippen LogP contribution < -0.4 is 16.0 Å². The molecule has 3 fully saturated rings. The zero-order valence-corrected chi connectivity index (χ0v) is 32.5. The third-order valence-electron chi connectivity index (χ3n) is 12.9. The summed E-state index contributed by atoms with van der Waals surface area (Å²) < 4.78 is 0. The van der Waals surface area contributed by atoms with Gasteiger partial charge < -0.3 is 16.0 Å². The lowest BCUT2D eigenvalue weighted by Crippen LogP contribution is -2.45. The van der Waals surface area contributed by atoms with Crippen molar-refractivity contribution in [3.8, 4) is 0 Å². The molecule has 0 heterocycles. The average molecular weight is 664 g/mol. The molecular weight excluding hydrogens is 594 g/mol. The summed E-state index contributed by atoms with van der Waals surface area (Å²) in [5.41, 5.74) is 1.89. The van der Waals surface area contributed by atoms with Crippen molar-refractivity contribution < 1.29 is 14.4 Å². The van der Waals surface area contributed by atoms with Crippen LogP contribution in [0.5, 0.6) is 0 Å². The van der Waals surface area contributed by atoms with Crippen molar-refractivity contribution in [3.05, 3.63) is 34.9 Å². The van der Waals surface area contributed by atoms with E-state index < -0.39 is 0 Å². The number of rotatable bonds is 6. The van der Waals surface area contributed by atoms with Crippen molar-refractivity contribution >= 4 is 17.7 Å². The van der Waals surface area contributed by atoms with Gasteiger partial charge in [-0.15, -0.1) is 0 Å². The molecule has 9 atom stereocenters. The van der Waals surface area contributed by atoms with Gasteiger partial charge in [0.05, 0.1) is 0 Å². The third-order valence-corrected chi connectivity index (χ3v) is 12.9. The van der Waals surface area contributed by atoms with E-state index in [1.807, 2.05) is 0 Å². The van der Waals surface area contributed by atoms with Gasteiger partial charge in [0.1, 0.15) is 0 Å². The van der Waals surface area contributed by atoms with Crippen LogP contribution in [0.15, 0.2) is 18.2 Å². The molecule has 3 N–H and O–H groups in total. The summed E-state index contributed by atoms with van der Waals surface area (Å²) in [4.78, 5) is 41.6. The Morgan fingerprint density at radius 3 is 0.875 bits per heavy atom. The molecule has 6 heteroatoms. The zero-order valence-electron chi connectivity index (χ0n) is 32.5. The number of nitrogens with one attached hydrogen (secondary N) is 3. The zero-order chi connectivity index (χ0) is 35.8. The molecule has 0 bridgehead atoms. The van der Waals surface area contributed by atoms with Crippen molar-refractivity contribution in [2.45, 2.75) is 159 Å². The molecule has 1 aromatic rings. The molecule has 4 rings (SSSR count). The summed E-state index contributed by atoms with van der Waals surface area (Å²) in [6.45, 7) is 27.5. The lowest BCUT2D eigenvalue weighted by molar-refractivity contribution is 0.0842. The van der Waals surface area contributed by atoms with Crippen molar-refractivity contribution in [2.75, 3.05) is 0 Å². The summed E-state index contributed by atoms with van der Waals surface area (Å²) in [5.74, 6) is 2.34. The lowest BCUT2D eigenvalue weighted by atomic mass is 9.68. The van der Waals surface area contributed by atoms with Crippen molar-refractivity contribution in [2.24, 2.45) is 51.8 Å². The summed E-state index contributed by atoms with van der Waals surface area (Å²) >= 11 is 0. The van der Waals surface area contributed by atoms with E-state index in [1.165, 1.54) is 0 Å². The maximum Gasteiger partial charge on any atom is 0.251 e. The number of carbonyl (C=O) groups is 3. The quantitative estimate of drug-likeness (QED) is 0.283. The van der Waals surface area contributed by atoms with Gasteiger partial charge in [0, 0.05) is 34.8 Å². The first kappa shape index (κ1) is 38.4. The predicted octanol–water partition coefficient (Wildman–Crippen LogP) is 9.43. The van der Waals surface area contributed by atoms with Gasteiger partial charge in [-0.3, -0.25) is 14.4 Å². The average Bonchev–Trinajstić information content (AvgIpc) is 2.98. The first-order valence-corrected chi connectivity index (χ1v) is 19.2. The van der Waals surface area contributed by atoms with Gasteiger partial charge in [0.15, 0.2) is 0 Å². The van der Waals surface area contributed by atoms with E-state index in [0.717, 1.165) is 57.8 Å². The molecule has 9 unspecified atom stereocenters. The van der Waals surface area contributed by atoms with Crippen LogP contribution in [0.1, 0.15) is 172 Å². The second-order valence-electron chi connectivity index (χ2n) is 19.6. The minimum absolute atomic E-state index is 0.0727. The molecule has 1 aromatic carbocycles. The highest BCUT2D eigenvalue weighted by Gasteiger charge is 2.37. The maximum absolute atomic E-state index is 13.9. The number of benzene rings is 1. The van der Waals surface area contributed by atoms with E-state index >= 15 is 0 Å². The summed E-state index contributed by atoms with van der Waals surface area (Å²) in [6, 6.07) is 5.29. The molecule has 0 radical (unpaired) electrons. The Labute approximate surface area is 293 Å². The molecular formula is C42H69N3O3. The highest BCUT2D eigenvalue weighted by Crippen LogP contribution is 2.42. The van der Waals surface area contributed by atoms with Gasteiger partial charge in [-0.1, -0.05) is 83.1 Å². The molecule has 3 aliphatic carbocycles. The largest absolute Gasteiger partial charge is 0.349 e. The smallest absolute Gasteiger partial charge is 0.251 e. The Balaban J connectivity index is 1.54. The van der Waals surface area contributed by atoms with Gasteiger partial charge in [-0.05, 0) is 128 Å². The molecule has 0 saturated heterocycles. The monoisotopic (exact) mass is 664 g/mol. The molecule has 0 aromatic heterocycles. The Bertz CT molecular complexity index is 1130. The molecule has 48 heavy (non-hydrogen) atoms. The fraction of sp³-hybridized carbons (Fsp3) is 0.786. The van der Waals surface area contributed by atoms with E-state index in [1.54, 1.807) is 18.2 Å². The van der Waals surface area contributed by atoms with Gasteiger partial charge in [-0.25, -0.2) is 0 Å². The Kier molecular flexibility index (Phi) is 11.9. The van der Waals surface area contributed by atoms with Crippen LogP contribution >= 0.6 is 0 Å². The third kappa shape index (κ3) is 9.65. The van der Waals surface area contributed by atoms with Crippen LogP contribution in [0, 0.1) is 51.8 Å². The van der Waals surface area contributed by atoms with Crippen molar-refractivity contribution in [3.63, 3.8) is 0 Å². The highest BCUT2D eigenvalue weighted by atomic mass is 16.2. The molecule has 0 aliphatic heterocycles. The lowest BCUT2D eigenvalue weighted by Gasteiger charge is -2.41. The first-order valence-electron chi connectivity index (χ1n) is 19.2. The fourth-order valence-electron chi connectivity index (χ4n) is 8.97.